The van der Waals surface area contributed by atoms with E-state index in [2.05, 4.69) is 16.0 Å². The van der Waals surface area contributed by atoms with Crippen molar-refractivity contribution in [1.82, 2.24) is 9.88 Å². The molecular weight excluding hydrogens is 252 g/mol. The number of likely N-dealkylation sites (tertiary alicyclic amines) is 1. The monoisotopic (exact) mass is 276 g/mol. The smallest absolute Gasteiger partial charge is 0.163 e. The fourth-order valence-corrected chi connectivity index (χ4v) is 3.21. The van der Waals surface area contributed by atoms with Crippen LogP contribution in [0.2, 0.25) is 0 Å². The lowest BCUT2D eigenvalue weighted by Crippen LogP contribution is -2.39. The number of rotatable bonds is 3. The topological polar surface area (TPSA) is 34.6 Å². The lowest BCUT2D eigenvalue weighted by Gasteiger charge is -2.33. The Morgan fingerprint density at radius 3 is 2.75 bits per heavy atom. The highest BCUT2D eigenvalue weighted by atomic mass is 16.7. The van der Waals surface area contributed by atoms with Crippen LogP contribution < -0.4 is 0 Å². The van der Waals surface area contributed by atoms with Crippen LogP contribution >= 0.6 is 0 Å². The summed E-state index contributed by atoms with van der Waals surface area (Å²) in [4.78, 5) is 6.73. The third-order valence-corrected chi connectivity index (χ3v) is 4.27. The van der Waals surface area contributed by atoms with Crippen molar-refractivity contribution in [2.24, 2.45) is 0 Å². The highest BCUT2D eigenvalue weighted by molar-refractivity contribution is 5.15. The molecule has 1 unspecified atom stereocenters. The van der Waals surface area contributed by atoms with Gasteiger partial charge in [0.15, 0.2) is 5.79 Å². The zero-order chi connectivity index (χ0) is 14.0. The van der Waals surface area contributed by atoms with E-state index < -0.39 is 5.79 Å². The predicted molar refractivity (Wildman–Crippen MR) is 77.6 cm³/mol. The first-order valence-corrected chi connectivity index (χ1v) is 7.56. The van der Waals surface area contributed by atoms with Gasteiger partial charge < -0.3 is 14.4 Å². The molecular formula is C16H24N2O2. The fraction of sp³-hybridized carbons (Fsp3) is 0.688. The number of hydrogen-bond acceptors (Lipinski definition) is 4. The van der Waals surface area contributed by atoms with Crippen LogP contribution in [-0.2, 0) is 9.47 Å². The normalized spacial score (nSPS) is 27.8. The van der Waals surface area contributed by atoms with E-state index in [-0.39, 0.29) is 6.10 Å². The number of piperidine rings is 1. The molecule has 0 amide bonds. The highest BCUT2D eigenvalue weighted by Crippen LogP contribution is 2.29. The van der Waals surface area contributed by atoms with Crippen molar-refractivity contribution >= 4 is 0 Å². The van der Waals surface area contributed by atoms with Gasteiger partial charge in [0.1, 0.15) is 0 Å². The van der Waals surface area contributed by atoms with E-state index in [0.29, 0.717) is 5.92 Å². The van der Waals surface area contributed by atoms with Crippen molar-refractivity contribution in [3.63, 3.8) is 0 Å². The zero-order valence-corrected chi connectivity index (χ0v) is 12.4. The Labute approximate surface area is 121 Å². The maximum Gasteiger partial charge on any atom is 0.163 e. The van der Waals surface area contributed by atoms with Gasteiger partial charge in [-0.05, 0) is 57.3 Å². The second kappa shape index (κ2) is 5.80. The molecule has 0 aliphatic carbocycles. The minimum absolute atomic E-state index is 0.222. The second-order valence-electron chi connectivity index (χ2n) is 6.31. The maximum atomic E-state index is 5.89. The molecule has 1 aromatic rings. The van der Waals surface area contributed by atoms with Crippen LogP contribution in [0.1, 0.15) is 38.2 Å². The lowest BCUT2D eigenvalue weighted by molar-refractivity contribution is -0.140. The largest absolute Gasteiger partial charge is 0.348 e. The first-order chi connectivity index (χ1) is 9.62. The SMILES string of the molecule is CC1(C)OCC(CN2CCC(c3cccnc3)CC2)O1. The molecule has 2 saturated heterocycles. The molecule has 3 heterocycles. The Kier molecular flexibility index (Phi) is 4.06. The van der Waals surface area contributed by atoms with Crippen molar-refractivity contribution in [3.05, 3.63) is 30.1 Å². The Hall–Kier alpha value is -0.970. The van der Waals surface area contributed by atoms with Crippen LogP contribution in [0.25, 0.3) is 0 Å². The van der Waals surface area contributed by atoms with Gasteiger partial charge >= 0.3 is 0 Å². The van der Waals surface area contributed by atoms with Gasteiger partial charge in [-0.3, -0.25) is 4.98 Å². The first-order valence-electron chi connectivity index (χ1n) is 7.56. The quantitative estimate of drug-likeness (QED) is 0.849. The van der Waals surface area contributed by atoms with Crippen LogP contribution in [0, 0.1) is 0 Å². The summed E-state index contributed by atoms with van der Waals surface area (Å²) in [6.07, 6.45) is 6.50. The van der Waals surface area contributed by atoms with Gasteiger partial charge in [-0.1, -0.05) is 6.07 Å². The summed E-state index contributed by atoms with van der Waals surface area (Å²) in [6, 6.07) is 4.23. The minimum Gasteiger partial charge on any atom is -0.348 e. The van der Waals surface area contributed by atoms with Gasteiger partial charge in [-0.2, -0.15) is 0 Å². The number of pyridine rings is 1. The number of hydrogen-bond donors (Lipinski definition) is 0. The summed E-state index contributed by atoms with van der Waals surface area (Å²) in [6.45, 7) is 7.96. The average Bonchev–Trinajstić information content (AvgIpc) is 2.80. The molecule has 20 heavy (non-hydrogen) atoms. The van der Waals surface area contributed by atoms with Crippen LogP contribution in [0.5, 0.6) is 0 Å². The summed E-state index contributed by atoms with van der Waals surface area (Å²) < 4.78 is 11.5. The van der Waals surface area contributed by atoms with Crippen molar-refractivity contribution in [2.45, 2.75) is 44.5 Å². The first kappa shape index (κ1) is 14.0. The molecule has 4 heteroatoms. The molecule has 0 spiro atoms. The van der Waals surface area contributed by atoms with Gasteiger partial charge in [0.05, 0.1) is 12.7 Å². The van der Waals surface area contributed by atoms with E-state index in [1.807, 2.05) is 32.3 Å². The van der Waals surface area contributed by atoms with Crippen LogP contribution in [-0.4, -0.2) is 48.0 Å². The molecule has 0 saturated carbocycles. The minimum atomic E-state index is -0.404. The molecule has 0 N–H and O–H groups in total. The maximum absolute atomic E-state index is 5.89. The molecule has 0 bridgehead atoms. The second-order valence-corrected chi connectivity index (χ2v) is 6.31. The van der Waals surface area contributed by atoms with E-state index in [1.54, 1.807) is 0 Å². The van der Waals surface area contributed by atoms with E-state index in [4.69, 9.17) is 9.47 Å². The summed E-state index contributed by atoms with van der Waals surface area (Å²) in [5.41, 5.74) is 1.38. The van der Waals surface area contributed by atoms with Crippen molar-refractivity contribution in [2.75, 3.05) is 26.2 Å². The van der Waals surface area contributed by atoms with Crippen LogP contribution in [0.3, 0.4) is 0 Å². The third-order valence-electron chi connectivity index (χ3n) is 4.27. The molecule has 2 fully saturated rings. The van der Waals surface area contributed by atoms with Gasteiger partial charge in [-0.15, -0.1) is 0 Å². The average molecular weight is 276 g/mol. The third kappa shape index (κ3) is 3.37. The van der Waals surface area contributed by atoms with E-state index >= 15 is 0 Å². The van der Waals surface area contributed by atoms with Gasteiger partial charge in [0, 0.05) is 18.9 Å². The van der Waals surface area contributed by atoms with E-state index in [9.17, 15) is 0 Å². The summed E-state index contributed by atoms with van der Waals surface area (Å²) in [5, 5.41) is 0. The number of nitrogens with zero attached hydrogens (tertiary/aromatic N) is 2. The summed E-state index contributed by atoms with van der Waals surface area (Å²) in [5.74, 6) is 0.260. The van der Waals surface area contributed by atoms with Gasteiger partial charge in [0.25, 0.3) is 0 Å². The zero-order valence-electron chi connectivity index (χ0n) is 12.4. The van der Waals surface area contributed by atoms with Crippen molar-refractivity contribution < 1.29 is 9.47 Å². The number of aromatic nitrogens is 1. The molecule has 2 aliphatic heterocycles. The van der Waals surface area contributed by atoms with Crippen molar-refractivity contribution in [1.29, 1.82) is 0 Å². The predicted octanol–water partition coefficient (Wildman–Crippen LogP) is 2.41. The van der Waals surface area contributed by atoms with E-state index in [1.165, 1.54) is 18.4 Å². The molecule has 3 rings (SSSR count). The molecule has 110 valence electrons. The molecule has 1 aromatic heterocycles. The van der Waals surface area contributed by atoms with Crippen LogP contribution in [0.15, 0.2) is 24.5 Å². The lowest BCUT2D eigenvalue weighted by atomic mass is 9.90. The Morgan fingerprint density at radius 1 is 1.35 bits per heavy atom. The number of ether oxygens (including phenoxy) is 2. The van der Waals surface area contributed by atoms with Gasteiger partial charge in [0.2, 0.25) is 0 Å². The Morgan fingerprint density at radius 2 is 2.15 bits per heavy atom. The fourth-order valence-electron chi connectivity index (χ4n) is 3.21. The molecule has 0 radical (unpaired) electrons. The molecule has 0 aromatic carbocycles. The Bertz CT molecular complexity index is 427. The summed E-state index contributed by atoms with van der Waals surface area (Å²) in [7, 11) is 0. The summed E-state index contributed by atoms with van der Waals surface area (Å²) >= 11 is 0. The van der Waals surface area contributed by atoms with Crippen molar-refractivity contribution in [3.8, 4) is 0 Å². The highest BCUT2D eigenvalue weighted by Gasteiger charge is 2.34. The molecule has 4 nitrogen and oxygen atoms in total. The molecule has 2 aliphatic rings. The van der Waals surface area contributed by atoms with Crippen LogP contribution in [0.4, 0.5) is 0 Å². The standard InChI is InChI=1S/C16H24N2O2/c1-16(2)19-12-15(20-16)11-18-8-5-13(6-9-18)14-4-3-7-17-10-14/h3-4,7,10,13,15H,5-6,8-9,11-12H2,1-2H3. The van der Waals surface area contributed by atoms with E-state index in [0.717, 1.165) is 26.2 Å². The Balaban J connectivity index is 1.47. The van der Waals surface area contributed by atoms with Gasteiger partial charge in [-0.25, -0.2) is 0 Å². The molecule has 1 atom stereocenters.